The van der Waals surface area contributed by atoms with E-state index < -0.39 is 17.6 Å². The van der Waals surface area contributed by atoms with E-state index in [0.717, 1.165) is 12.1 Å². The van der Waals surface area contributed by atoms with Gasteiger partial charge in [-0.15, -0.1) is 0 Å². The number of hydrogen-bond acceptors (Lipinski definition) is 6. The predicted octanol–water partition coefficient (Wildman–Crippen LogP) is 4.25. The number of pyridine rings is 2. The van der Waals surface area contributed by atoms with Gasteiger partial charge in [-0.1, -0.05) is 0 Å². The average Bonchev–Trinajstić information content (AvgIpc) is 2.69. The summed E-state index contributed by atoms with van der Waals surface area (Å²) in [4.78, 5) is 19.7. The van der Waals surface area contributed by atoms with Gasteiger partial charge in [0.05, 0.1) is 12.7 Å². The van der Waals surface area contributed by atoms with Gasteiger partial charge in [0.1, 0.15) is 5.75 Å². The van der Waals surface area contributed by atoms with Crippen molar-refractivity contribution < 1.29 is 32.5 Å². The molecule has 3 aromatic rings. The van der Waals surface area contributed by atoms with Crippen LogP contribution in [0.1, 0.15) is 16.1 Å². The highest BCUT2D eigenvalue weighted by Gasteiger charge is 2.30. The minimum atomic E-state index is -4.47. The zero-order chi connectivity index (χ0) is 21.0. The molecule has 2 aromatic heterocycles. The standard InChI is InChI=1S/C19H14F3N3O4/c1-28-14-8-9-23-16(17(14)26)18(27)25-12-3-5-13(6-4-12)29-15-7-2-11(10-24-15)19(20,21)22/h2-10,26H,1H3,(H,25,27). The first-order valence-electron chi connectivity index (χ1n) is 8.12. The molecule has 0 spiro atoms. The van der Waals surface area contributed by atoms with Gasteiger partial charge in [-0.05, 0) is 30.3 Å². The van der Waals surface area contributed by atoms with Crippen LogP contribution in [-0.4, -0.2) is 28.1 Å². The summed E-state index contributed by atoms with van der Waals surface area (Å²) < 4.78 is 47.9. The van der Waals surface area contributed by atoms with Gasteiger partial charge in [0.15, 0.2) is 17.2 Å². The third kappa shape index (κ3) is 4.72. The lowest BCUT2D eigenvalue weighted by Crippen LogP contribution is -2.14. The summed E-state index contributed by atoms with van der Waals surface area (Å²) in [7, 11) is 1.35. The first-order chi connectivity index (χ1) is 13.8. The van der Waals surface area contributed by atoms with Crippen molar-refractivity contribution in [3.05, 3.63) is 66.1 Å². The Morgan fingerprint density at radius 3 is 2.38 bits per heavy atom. The number of aromatic nitrogens is 2. The Morgan fingerprint density at radius 2 is 1.79 bits per heavy atom. The maximum Gasteiger partial charge on any atom is 0.417 e. The van der Waals surface area contributed by atoms with E-state index >= 15 is 0 Å². The van der Waals surface area contributed by atoms with Crippen molar-refractivity contribution in [2.24, 2.45) is 0 Å². The van der Waals surface area contributed by atoms with E-state index in [1.54, 1.807) is 0 Å². The van der Waals surface area contributed by atoms with Crippen molar-refractivity contribution in [3.8, 4) is 23.1 Å². The van der Waals surface area contributed by atoms with E-state index in [1.165, 1.54) is 43.6 Å². The molecule has 7 nitrogen and oxygen atoms in total. The maximum atomic E-state index is 12.5. The fourth-order valence-electron chi connectivity index (χ4n) is 2.29. The SMILES string of the molecule is COc1ccnc(C(=O)Nc2ccc(Oc3ccc(C(F)(F)F)cn3)cc2)c1O. The normalized spacial score (nSPS) is 11.0. The van der Waals surface area contributed by atoms with Crippen molar-refractivity contribution in [3.63, 3.8) is 0 Å². The molecule has 0 aliphatic heterocycles. The molecule has 150 valence electrons. The van der Waals surface area contributed by atoms with Gasteiger partial charge in [0.2, 0.25) is 5.88 Å². The van der Waals surface area contributed by atoms with Gasteiger partial charge in [-0.25, -0.2) is 9.97 Å². The van der Waals surface area contributed by atoms with Crippen molar-refractivity contribution >= 4 is 11.6 Å². The smallest absolute Gasteiger partial charge is 0.417 e. The van der Waals surface area contributed by atoms with E-state index in [-0.39, 0.29) is 23.1 Å². The molecule has 0 fully saturated rings. The van der Waals surface area contributed by atoms with Crippen molar-refractivity contribution in [2.45, 2.75) is 6.18 Å². The Kier molecular flexibility index (Phi) is 5.53. The molecule has 1 aromatic carbocycles. The number of rotatable bonds is 5. The Morgan fingerprint density at radius 1 is 1.07 bits per heavy atom. The van der Waals surface area contributed by atoms with Crippen LogP contribution in [0.4, 0.5) is 18.9 Å². The molecule has 0 atom stereocenters. The highest BCUT2D eigenvalue weighted by molar-refractivity contribution is 6.05. The number of carbonyl (C=O) groups excluding carboxylic acids is 1. The number of halogens is 3. The molecule has 0 saturated heterocycles. The number of nitrogens with one attached hydrogen (secondary N) is 1. The van der Waals surface area contributed by atoms with Crippen LogP contribution in [-0.2, 0) is 6.18 Å². The topological polar surface area (TPSA) is 93.6 Å². The summed E-state index contributed by atoms with van der Waals surface area (Å²) >= 11 is 0. The maximum absolute atomic E-state index is 12.5. The molecule has 0 radical (unpaired) electrons. The molecule has 1 amide bonds. The molecule has 0 aliphatic carbocycles. The number of benzene rings is 1. The first kappa shape index (κ1) is 19.9. The van der Waals surface area contributed by atoms with Gasteiger partial charge < -0.3 is 19.9 Å². The number of methoxy groups -OCH3 is 1. The number of anilines is 1. The van der Waals surface area contributed by atoms with Crippen LogP contribution in [0.5, 0.6) is 23.1 Å². The summed E-state index contributed by atoms with van der Waals surface area (Å²) in [5.74, 6) is -0.642. The average molecular weight is 405 g/mol. The quantitative estimate of drug-likeness (QED) is 0.659. The van der Waals surface area contributed by atoms with E-state index in [1.807, 2.05) is 0 Å². The summed E-state index contributed by atoms with van der Waals surface area (Å²) in [5, 5.41) is 12.5. The fourth-order valence-corrected chi connectivity index (χ4v) is 2.29. The zero-order valence-electron chi connectivity index (χ0n) is 14.9. The number of amides is 1. The first-order valence-corrected chi connectivity index (χ1v) is 8.12. The van der Waals surface area contributed by atoms with Gasteiger partial charge in [-0.2, -0.15) is 13.2 Å². The van der Waals surface area contributed by atoms with Crippen molar-refractivity contribution in [2.75, 3.05) is 12.4 Å². The molecule has 2 heterocycles. The molecule has 10 heteroatoms. The van der Waals surface area contributed by atoms with E-state index in [0.29, 0.717) is 17.6 Å². The van der Waals surface area contributed by atoms with Gasteiger partial charge >= 0.3 is 6.18 Å². The number of carbonyl (C=O) groups is 1. The summed E-state index contributed by atoms with van der Waals surface area (Å²) in [6.07, 6.45) is -2.48. The lowest BCUT2D eigenvalue weighted by atomic mass is 10.2. The molecule has 3 rings (SSSR count). The Hall–Kier alpha value is -3.82. The third-order valence-electron chi connectivity index (χ3n) is 3.72. The molecule has 2 N–H and O–H groups in total. The second-order valence-corrected chi connectivity index (χ2v) is 5.67. The molecule has 0 aliphatic rings. The number of nitrogens with zero attached hydrogens (tertiary/aromatic N) is 2. The van der Waals surface area contributed by atoms with Crippen LogP contribution in [0, 0.1) is 0 Å². The Labute approximate surface area is 162 Å². The third-order valence-corrected chi connectivity index (χ3v) is 3.72. The Bertz CT molecular complexity index is 1010. The summed E-state index contributed by atoms with van der Waals surface area (Å²) in [5.41, 5.74) is -0.706. The van der Waals surface area contributed by atoms with E-state index in [4.69, 9.17) is 9.47 Å². The van der Waals surface area contributed by atoms with E-state index in [9.17, 15) is 23.1 Å². The minimum absolute atomic E-state index is 0.0136. The lowest BCUT2D eigenvalue weighted by Gasteiger charge is -2.10. The molecule has 0 saturated carbocycles. The molecular weight excluding hydrogens is 391 g/mol. The van der Waals surface area contributed by atoms with Gasteiger partial charge in [0, 0.05) is 30.2 Å². The monoisotopic (exact) mass is 405 g/mol. The number of alkyl halides is 3. The van der Waals surface area contributed by atoms with Crippen LogP contribution in [0.2, 0.25) is 0 Å². The second kappa shape index (κ2) is 8.05. The van der Waals surface area contributed by atoms with E-state index in [2.05, 4.69) is 15.3 Å². The number of aromatic hydroxyl groups is 1. The van der Waals surface area contributed by atoms with Gasteiger partial charge in [-0.3, -0.25) is 4.79 Å². The molecule has 0 unspecified atom stereocenters. The predicted molar refractivity (Wildman–Crippen MR) is 96.2 cm³/mol. The summed E-state index contributed by atoms with van der Waals surface area (Å²) in [6, 6.07) is 9.39. The Balaban J connectivity index is 1.67. The van der Waals surface area contributed by atoms with Crippen molar-refractivity contribution in [1.29, 1.82) is 0 Å². The lowest BCUT2D eigenvalue weighted by molar-refractivity contribution is -0.137. The summed E-state index contributed by atoms with van der Waals surface area (Å²) in [6.45, 7) is 0. The molecule has 0 bridgehead atoms. The largest absolute Gasteiger partial charge is 0.503 e. The number of hydrogen-bond donors (Lipinski definition) is 2. The van der Waals surface area contributed by atoms with Crippen LogP contribution in [0.15, 0.2) is 54.9 Å². The molecular formula is C19H14F3N3O4. The van der Waals surface area contributed by atoms with Gasteiger partial charge in [0.25, 0.3) is 5.91 Å². The molecule has 29 heavy (non-hydrogen) atoms. The van der Waals surface area contributed by atoms with Crippen LogP contribution in [0.3, 0.4) is 0 Å². The number of ether oxygens (including phenoxy) is 2. The second-order valence-electron chi connectivity index (χ2n) is 5.67. The minimum Gasteiger partial charge on any atom is -0.503 e. The van der Waals surface area contributed by atoms with Crippen molar-refractivity contribution in [1.82, 2.24) is 9.97 Å². The zero-order valence-corrected chi connectivity index (χ0v) is 14.9. The van der Waals surface area contributed by atoms with Crippen LogP contribution < -0.4 is 14.8 Å². The highest BCUT2D eigenvalue weighted by atomic mass is 19.4. The fraction of sp³-hybridized carbons (Fsp3) is 0.105. The van der Waals surface area contributed by atoms with Crippen LogP contribution in [0.25, 0.3) is 0 Å². The van der Waals surface area contributed by atoms with Crippen LogP contribution >= 0.6 is 0 Å². The highest BCUT2D eigenvalue weighted by Crippen LogP contribution is 2.31.